The number of rotatable bonds is 6. The maximum absolute atomic E-state index is 12.9. The second kappa shape index (κ2) is 7.54. The van der Waals surface area contributed by atoms with Crippen molar-refractivity contribution in [3.05, 3.63) is 64.8 Å². The lowest BCUT2D eigenvalue weighted by molar-refractivity contribution is 0.402. The van der Waals surface area contributed by atoms with E-state index >= 15 is 0 Å². The Hall–Kier alpha value is -2.64. The first-order chi connectivity index (χ1) is 12.8. The Balaban J connectivity index is 1.97. The van der Waals surface area contributed by atoms with Crippen LogP contribution in [0.3, 0.4) is 0 Å². The lowest BCUT2D eigenvalue weighted by atomic mass is 10.1. The van der Waals surface area contributed by atoms with Crippen molar-refractivity contribution in [2.75, 3.05) is 7.11 Å². The molecule has 0 spiro atoms. The van der Waals surface area contributed by atoms with Gasteiger partial charge in [-0.2, -0.15) is 0 Å². The molecular formula is C20H22N2O4S. The van der Waals surface area contributed by atoms with Crippen LogP contribution >= 0.6 is 0 Å². The van der Waals surface area contributed by atoms with Crippen LogP contribution in [0.5, 0.6) is 5.75 Å². The van der Waals surface area contributed by atoms with Gasteiger partial charge in [0.05, 0.1) is 12.8 Å². The molecule has 0 fully saturated rings. The van der Waals surface area contributed by atoms with E-state index in [-0.39, 0.29) is 17.2 Å². The van der Waals surface area contributed by atoms with Gasteiger partial charge < -0.3 is 9.26 Å². The van der Waals surface area contributed by atoms with Gasteiger partial charge in [0.25, 0.3) is 0 Å². The van der Waals surface area contributed by atoms with Crippen LogP contribution in [-0.4, -0.2) is 20.7 Å². The third kappa shape index (κ3) is 3.89. The van der Waals surface area contributed by atoms with Crippen molar-refractivity contribution in [1.29, 1.82) is 0 Å². The molecule has 3 aromatic rings. The number of nitrogens with zero attached hydrogens (tertiary/aromatic N) is 1. The van der Waals surface area contributed by atoms with Crippen molar-refractivity contribution < 1.29 is 17.7 Å². The van der Waals surface area contributed by atoms with Crippen LogP contribution in [0.4, 0.5) is 0 Å². The topological polar surface area (TPSA) is 81.4 Å². The van der Waals surface area contributed by atoms with Gasteiger partial charge in [0.2, 0.25) is 10.0 Å². The Morgan fingerprint density at radius 1 is 1.11 bits per heavy atom. The standard InChI is InChI=1S/C20H22N2O4S/c1-13-7-5-6-8-17(13)12-21-27(23,24)19-11-16(9-10-18(19)25-4)20-14(2)15(3)22-26-20/h5-11,21H,12H2,1-4H3. The van der Waals surface area contributed by atoms with E-state index < -0.39 is 10.0 Å². The Morgan fingerprint density at radius 2 is 1.85 bits per heavy atom. The number of ether oxygens (including phenoxy) is 1. The third-order valence-electron chi connectivity index (χ3n) is 4.59. The number of methoxy groups -OCH3 is 1. The zero-order valence-electron chi connectivity index (χ0n) is 15.7. The zero-order chi connectivity index (χ0) is 19.6. The minimum absolute atomic E-state index is 0.0598. The van der Waals surface area contributed by atoms with Gasteiger partial charge in [0, 0.05) is 17.7 Å². The summed E-state index contributed by atoms with van der Waals surface area (Å²) in [5, 5.41) is 3.94. The van der Waals surface area contributed by atoms with Gasteiger partial charge in [-0.3, -0.25) is 0 Å². The lowest BCUT2D eigenvalue weighted by Gasteiger charge is -2.13. The quantitative estimate of drug-likeness (QED) is 0.698. The summed E-state index contributed by atoms with van der Waals surface area (Å²) in [5.41, 5.74) is 4.20. The molecule has 27 heavy (non-hydrogen) atoms. The molecule has 0 bridgehead atoms. The van der Waals surface area contributed by atoms with E-state index in [1.54, 1.807) is 18.2 Å². The van der Waals surface area contributed by atoms with Crippen molar-refractivity contribution in [3.8, 4) is 17.1 Å². The van der Waals surface area contributed by atoms with Gasteiger partial charge in [-0.1, -0.05) is 29.4 Å². The second-order valence-electron chi connectivity index (χ2n) is 6.34. The Bertz CT molecular complexity index is 1070. The predicted octanol–water partition coefficient (Wildman–Crippen LogP) is 3.75. The van der Waals surface area contributed by atoms with Crippen LogP contribution < -0.4 is 9.46 Å². The third-order valence-corrected chi connectivity index (χ3v) is 6.01. The highest BCUT2D eigenvalue weighted by molar-refractivity contribution is 7.89. The number of sulfonamides is 1. The molecule has 0 aliphatic rings. The van der Waals surface area contributed by atoms with E-state index in [1.165, 1.54) is 7.11 Å². The van der Waals surface area contributed by atoms with Gasteiger partial charge in [0.15, 0.2) is 5.76 Å². The number of benzene rings is 2. The summed E-state index contributed by atoms with van der Waals surface area (Å²) in [6, 6.07) is 12.6. The van der Waals surface area contributed by atoms with Gasteiger partial charge in [-0.05, 0) is 50.1 Å². The number of hydrogen-bond acceptors (Lipinski definition) is 5. The summed E-state index contributed by atoms with van der Waals surface area (Å²) in [4.78, 5) is 0.0598. The predicted molar refractivity (Wildman–Crippen MR) is 103 cm³/mol. The van der Waals surface area contributed by atoms with Crippen LogP contribution in [-0.2, 0) is 16.6 Å². The summed E-state index contributed by atoms with van der Waals surface area (Å²) in [5.74, 6) is 0.815. The van der Waals surface area contributed by atoms with Crippen molar-refractivity contribution >= 4 is 10.0 Å². The van der Waals surface area contributed by atoms with Gasteiger partial charge in [0.1, 0.15) is 10.6 Å². The second-order valence-corrected chi connectivity index (χ2v) is 8.07. The molecule has 0 radical (unpaired) electrons. The first-order valence-electron chi connectivity index (χ1n) is 8.49. The van der Waals surface area contributed by atoms with E-state index in [0.29, 0.717) is 11.3 Å². The monoisotopic (exact) mass is 386 g/mol. The molecule has 1 heterocycles. The fourth-order valence-corrected chi connectivity index (χ4v) is 3.97. The molecule has 1 aromatic heterocycles. The van der Waals surface area contributed by atoms with Crippen LogP contribution in [0.1, 0.15) is 22.4 Å². The molecule has 7 heteroatoms. The van der Waals surface area contributed by atoms with Gasteiger partial charge in [-0.25, -0.2) is 13.1 Å². The highest BCUT2D eigenvalue weighted by Gasteiger charge is 2.22. The smallest absolute Gasteiger partial charge is 0.244 e. The molecule has 0 atom stereocenters. The summed E-state index contributed by atoms with van der Waals surface area (Å²) < 4.78 is 39.1. The summed E-state index contributed by atoms with van der Waals surface area (Å²) >= 11 is 0. The van der Waals surface area contributed by atoms with Crippen LogP contribution in [0, 0.1) is 20.8 Å². The average molecular weight is 386 g/mol. The minimum Gasteiger partial charge on any atom is -0.495 e. The fraction of sp³-hybridized carbons (Fsp3) is 0.250. The van der Waals surface area contributed by atoms with Crippen LogP contribution in [0.25, 0.3) is 11.3 Å². The molecule has 0 aliphatic carbocycles. The summed E-state index contributed by atoms with van der Waals surface area (Å²) in [6.07, 6.45) is 0. The summed E-state index contributed by atoms with van der Waals surface area (Å²) in [6.45, 7) is 5.87. The van der Waals surface area contributed by atoms with Crippen molar-refractivity contribution in [1.82, 2.24) is 9.88 Å². The van der Waals surface area contributed by atoms with Crippen molar-refractivity contribution in [2.24, 2.45) is 0 Å². The molecule has 0 unspecified atom stereocenters. The summed E-state index contributed by atoms with van der Waals surface area (Å²) in [7, 11) is -2.35. The number of aromatic nitrogens is 1. The Labute approximate surface area is 159 Å². The highest BCUT2D eigenvalue weighted by atomic mass is 32.2. The van der Waals surface area contributed by atoms with E-state index in [4.69, 9.17) is 9.26 Å². The Morgan fingerprint density at radius 3 is 2.48 bits per heavy atom. The van der Waals surface area contributed by atoms with Gasteiger partial charge >= 0.3 is 0 Å². The van der Waals surface area contributed by atoms with E-state index in [2.05, 4.69) is 9.88 Å². The largest absolute Gasteiger partial charge is 0.495 e. The number of hydrogen-bond donors (Lipinski definition) is 1. The van der Waals surface area contributed by atoms with E-state index in [9.17, 15) is 8.42 Å². The molecule has 2 aromatic carbocycles. The number of nitrogens with one attached hydrogen (secondary N) is 1. The molecule has 6 nitrogen and oxygen atoms in total. The number of aryl methyl sites for hydroxylation is 2. The molecule has 0 amide bonds. The molecule has 0 saturated heterocycles. The molecule has 0 aliphatic heterocycles. The van der Waals surface area contributed by atoms with E-state index in [1.807, 2.05) is 45.0 Å². The van der Waals surface area contributed by atoms with E-state index in [0.717, 1.165) is 22.4 Å². The average Bonchev–Trinajstić information content (AvgIpc) is 2.99. The van der Waals surface area contributed by atoms with Crippen molar-refractivity contribution in [3.63, 3.8) is 0 Å². The minimum atomic E-state index is -3.79. The first kappa shape index (κ1) is 19.1. The fourth-order valence-electron chi connectivity index (χ4n) is 2.77. The Kier molecular flexibility index (Phi) is 5.34. The maximum atomic E-state index is 12.9. The van der Waals surface area contributed by atoms with Gasteiger partial charge in [-0.15, -0.1) is 0 Å². The lowest BCUT2D eigenvalue weighted by Crippen LogP contribution is -2.24. The first-order valence-corrected chi connectivity index (χ1v) is 9.97. The zero-order valence-corrected chi connectivity index (χ0v) is 16.6. The van der Waals surface area contributed by atoms with Crippen molar-refractivity contribution in [2.45, 2.75) is 32.2 Å². The molecule has 0 saturated carbocycles. The SMILES string of the molecule is COc1ccc(-c2onc(C)c2C)cc1S(=O)(=O)NCc1ccccc1C. The molecule has 3 rings (SSSR count). The van der Waals surface area contributed by atoms with Crippen LogP contribution in [0.15, 0.2) is 51.9 Å². The maximum Gasteiger partial charge on any atom is 0.244 e. The van der Waals surface area contributed by atoms with Crippen LogP contribution in [0.2, 0.25) is 0 Å². The molecular weight excluding hydrogens is 364 g/mol. The normalized spacial score (nSPS) is 11.6. The highest BCUT2D eigenvalue weighted by Crippen LogP contribution is 2.32. The molecule has 1 N–H and O–H groups in total. The molecule has 142 valence electrons.